The highest BCUT2D eigenvalue weighted by Gasteiger charge is 2.31. The molecule has 1 saturated heterocycles. The quantitative estimate of drug-likeness (QED) is 0.823. The van der Waals surface area contributed by atoms with Gasteiger partial charge in [-0.2, -0.15) is 5.26 Å². The lowest BCUT2D eigenvalue weighted by atomic mass is 9.98. The molecule has 2 aliphatic rings. The van der Waals surface area contributed by atoms with Crippen LogP contribution >= 0.6 is 0 Å². The summed E-state index contributed by atoms with van der Waals surface area (Å²) in [7, 11) is 0. The SMILES string of the molecule is N#CC1CCCCN1C(=O)OCC1c2ccccc2-c2ccccc21. The molecular weight excluding hydrogens is 312 g/mol. The van der Waals surface area contributed by atoms with Crippen LogP contribution < -0.4 is 0 Å². The molecule has 0 spiro atoms. The molecule has 1 aliphatic heterocycles. The van der Waals surface area contributed by atoms with Gasteiger partial charge >= 0.3 is 6.09 Å². The molecular formula is C21H20N2O2. The fraction of sp³-hybridized carbons (Fsp3) is 0.333. The van der Waals surface area contributed by atoms with E-state index in [1.54, 1.807) is 4.90 Å². The van der Waals surface area contributed by atoms with Gasteiger partial charge in [-0.05, 0) is 41.5 Å². The molecule has 0 aromatic heterocycles. The van der Waals surface area contributed by atoms with Crippen molar-refractivity contribution in [2.75, 3.05) is 13.2 Å². The third-order valence-corrected chi connectivity index (χ3v) is 5.22. The van der Waals surface area contributed by atoms with Gasteiger partial charge in [-0.3, -0.25) is 4.90 Å². The predicted octanol–water partition coefficient (Wildman–Crippen LogP) is 4.31. The standard InChI is InChI=1S/C21H20N2O2/c22-13-15-7-5-6-12-23(15)21(24)25-14-20-18-10-3-1-8-16(18)17-9-2-4-11-19(17)20/h1-4,8-11,15,20H,5-7,12,14H2. The van der Waals surface area contributed by atoms with Crippen LogP contribution in [0.2, 0.25) is 0 Å². The molecule has 0 saturated carbocycles. The smallest absolute Gasteiger partial charge is 0.410 e. The molecule has 1 unspecified atom stereocenters. The van der Waals surface area contributed by atoms with Crippen molar-refractivity contribution in [3.63, 3.8) is 0 Å². The van der Waals surface area contributed by atoms with E-state index in [0.29, 0.717) is 13.2 Å². The number of nitrogens with zero attached hydrogens (tertiary/aromatic N) is 2. The number of hydrogen-bond donors (Lipinski definition) is 0. The van der Waals surface area contributed by atoms with E-state index < -0.39 is 0 Å². The Bertz CT molecular complexity index is 794. The molecule has 4 rings (SSSR count). The van der Waals surface area contributed by atoms with Crippen LogP contribution in [0.25, 0.3) is 11.1 Å². The van der Waals surface area contributed by atoms with Gasteiger partial charge in [0, 0.05) is 12.5 Å². The Balaban J connectivity index is 1.53. The predicted molar refractivity (Wildman–Crippen MR) is 95.0 cm³/mol. The number of hydrogen-bond acceptors (Lipinski definition) is 3. The van der Waals surface area contributed by atoms with Crippen LogP contribution in [-0.4, -0.2) is 30.2 Å². The zero-order valence-corrected chi connectivity index (χ0v) is 14.0. The number of rotatable bonds is 2. The third-order valence-electron chi connectivity index (χ3n) is 5.22. The van der Waals surface area contributed by atoms with Crippen molar-refractivity contribution in [3.8, 4) is 17.2 Å². The Morgan fingerprint density at radius 1 is 1.08 bits per heavy atom. The molecule has 1 aliphatic carbocycles. The number of ether oxygens (including phenoxy) is 1. The molecule has 4 heteroatoms. The molecule has 1 atom stereocenters. The summed E-state index contributed by atoms with van der Waals surface area (Å²) in [5, 5.41) is 9.25. The van der Waals surface area contributed by atoms with Crippen molar-refractivity contribution in [3.05, 3.63) is 59.7 Å². The molecule has 1 fully saturated rings. The van der Waals surface area contributed by atoms with Crippen LogP contribution in [0.5, 0.6) is 0 Å². The highest BCUT2D eigenvalue weighted by Crippen LogP contribution is 2.44. The maximum atomic E-state index is 12.5. The minimum Gasteiger partial charge on any atom is -0.448 e. The van der Waals surface area contributed by atoms with E-state index in [-0.39, 0.29) is 18.1 Å². The lowest BCUT2D eigenvalue weighted by Gasteiger charge is -2.30. The number of amides is 1. The number of fused-ring (bicyclic) bond motifs is 3. The number of nitriles is 1. The second kappa shape index (κ2) is 6.60. The highest BCUT2D eigenvalue weighted by atomic mass is 16.6. The maximum absolute atomic E-state index is 12.5. The highest BCUT2D eigenvalue weighted by molar-refractivity contribution is 5.79. The van der Waals surface area contributed by atoms with E-state index in [1.165, 1.54) is 22.3 Å². The van der Waals surface area contributed by atoms with E-state index in [0.717, 1.165) is 19.3 Å². The summed E-state index contributed by atoms with van der Waals surface area (Å²) in [5.74, 6) is 0.0571. The lowest BCUT2D eigenvalue weighted by Crippen LogP contribution is -2.43. The summed E-state index contributed by atoms with van der Waals surface area (Å²) >= 11 is 0. The Hall–Kier alpha value is -2.80. The van der Waals surface area contributed by atoms with Crippen molar-refractivity contribution in [2.45, 2.75) is 31.2 Å². The first-order valence-electron chi connectivity index (χ1n) is 8.81. The fourth-order valence-electron chi connectivity index (χ4n) is 3.96. The van der Waals surface area contributed by atoms with Gasteiger partial charge in [0.2, 0.25) is 0 Å². The Morgan fingerprint density at radius 2 is 1.72 bits per heavy atom. The first kappa shape index (κ1) is 15.7. The van der Waals surface area contributed by atoms with Crippen LogP contribution in [0, 0.1) is 11.3 Å². The van der Waals surface area contributed by atoms with Gasteiger partial charge in [-0.15, -0.1) is 0 Å². The summed E-state index contributed by atoms with van der Waals surface area (Å²) in [6, 6.07) is 18.4. The summed E-state index contributed by atoms with van der Waals surface area (Å²) < 4.78 is 5.65. The molecule has 0 radical (unpaired) electrons. The second-order valence-corrected chi connectivity index (χ2v) is 6.64. The topological polar surface area (TPSA) is 53.3 Å². The largest absolute Gasteiger partial charge is 0.448 e. The number of carbonyl (C=O) groups is 1. The van der Waals surface area contributed by atoms with E-state index in [4.69, 9.17) is 4.74 Å². The van der Waals surface area contributed by atoms with Crippen LogP contribution in [0.4, 0.5) is 4.79 Å². The van der Waals surface area contributed by atoms with E-state index >= 15 is 0 Å². The minimum atomic E-state index is -0.367. The van der Waals surface area contributed by atoms with Gasteiger partial charge in [0.1, 0.15) is 12.6 Å². The average Bonchev–Trinajstić information content (AvgIpc) is 3.00. The zero-order chi connectivity index (χ0) is 17.2. The molecule has 126 valence electrons. The van der Waals surface area contributed by atoms with Crippen LogP contribution in [-0.2, 0) is 4.74 Å². The summed E-state index contributed by atoms with van der Waals surface area (Å²) in [6.45, 7) is 0.913. The fourth-order valence-corrected chi connectivity index (χ4v) is 3.96. The van der Waals surface area contributed by atoms with Gasteiger partial charge in [-0.1, -0.05) is 48.5 Å². The Kier molecular flexibility index (Phi) is 4.15. The van der Waals surface area contributed by atoms with E-state index in [9.17, 15) is 10.1 Å². The maximum Gasteiger partial charge on any atom is 0.410 e. The number of benzene rings is 2. The summed E-state index contributed by atoms with van der Waals surface area (Å²) in [6.07, 6.45) is 2.29. The van der Waals surface area contributed by atoms with Crippen LogP contribution in [0.1, 0.15) is 36.3 Å². The number of piperidine rings is 1. The van der Waals surface area contributed by atoms with Crippen molar-refractivity contribution in [1.29, 1.82) is 5.26 Å². The van der Waals surface area contributed by atoms with Crippen molar-refractivity contribution < 1.29 is 9.53 Å². The Labute approximate surface area is 147 Å². The number of likely N-dealkylation sites (tertiary alicyclic amines) is 1. The molecule has 25 heavy (non-hydrogen) atoms. The van der Waals surface area contributed by atoms with E-state index in [2.05, 4.69) is 30.3 Å². The van der Waals surface area contributed by atoms with Gasteiger partial charge in [0.05, 0.1) is 6.07 Å². The normalized spacial score (nSPS) is 19.0. The molecule has 2 aromatic carbocycles. The van der Waals surface area contributed by atoms with Gasteiger partial charge in [0.25, 0.3) is 0 Å². The van der Waals surface area contributed by atoms with E-state index in [1.807, 2.05) is 24.3 Å². The van der Waals surface area contributed by atoms with Crippen LogP contribution in [0.3, 0.4) is 0 Å². The summed E-state index contributed by atoms with van der Waals surface area (Å²) in [5.41, 5.74) is 4.83. The minimum absolute atomic E-state index is 0.0571. The van der Waals surface area contributed by atoms with Gasteiger partial charge in [0.15, 0.2) is 0 Å². The number of carbonyl (C=O) groups excluding carboxylic acids is 1. The summed E-state index contributed by atoms with van der Waals surface area (Å²) in [4.78, 5) is 14.1. The third kappa shape index (κ3) is 2.76. The van der Waals surface area contributed by atoms with Crippen molar-refractivity contribution in [1.82, 2.24) is 4.90 Å². The molecule has 0 N–H and O–H groups in total. The Morgan fingerprint density at radius 3 is 2.36 bits per heavy atom. The molecule has 4 nitrogen and oxygen atoms in total. The molecule has 2 aromatic rings. The van der Waals surface area contributed by atoms with Gasteiger partial charge in [-0.25, -0.2) is 4.79 Å². The monoisotopic (exact) mass is 332 g/mol. The van der Waals surface area contributed by atoms with Crippen molar-refractivity contribution >= 4 is 6.09 Å². The molecule has 0 bridgehead atoms. The van der Waals surface area contributed by atoms with Crippen LogP contribution in [0.15, 0.2) is 48.5 Å². The van der Waals surface area contributed by atoms with Gasteiger partial charge < -0.3 is 4.74 Å². The lowest BCUT2D eigenvalue weighted by molar-refractivity contribution is 0.0821. The second-order valence-electron chi connectivity index (χ2n) is 6.64. The zero-order valence-electron chi connectivity index (χ0n) is 14.0. The first-order valence-corrected chi connectivity index (χ1v) is 8.81. The molecule has 1 amide bonds. The van der Waals surface area contributed by atoms with Crippen molar-refractivity contribution in [2.24, 2.45) is 0 Å². The first-order chi connectivity index (χ1) is 12.3. The average molecular weight is 332 g/mol. The molecule has 1 heterocycles.